The number of aryl methyl sites for hydroxylation is 1. The van der Waals surface area contributed by atoms with E-state index in [9.17, 15) is 18.5 Å². The lowest BCUT2D eigenvalue weighted by Crippen LogP contribution is -2.38. The second-order valence-corrected chi connectivity index (χ2v) is 10.6. The van der Waals surface area contributed by atoms with Gasteiger partial charge < -0.3 is 10.2 Å². The summed E-state index contributed by atoms with van der Waals surface area (Å²) in [5, 5.41) is 14.9. The maximum atomic E-state index is 12.5. The highest BCUT2D eigenvalue weighted by Crippen LogP contribution is 2.29. The van der Waals surface area contributed by atoms with E-state index in [0.717, 1.165) is 38.5 Å². The molecule has 180 valence electrons. The van der Waals surface area contributed by atoms with Gasteiger partial charge in [-0.15, -0.1) is 0 Å². The Morgan fingerprint density at radius 2 is 1.88 bits per heavy atom. The average molecular weight is 476 g/mol. The first kappa shape index (κ1) is 25.1. The summed E-state index contributed by atoms with van der Waals surface area (Å²) in [4.78, 5) is 15.3. The molecule has 0 unspecified atom stereocenters. The average Bonchev–Trinajstić information content (AvgIpc) is 2.75. The first-order chi connectivity index (χ1) is 15.6. The van der Waals surface area contributed by atoms with Gasteiger partial charge >= 0.3 is 0 Å². The monoisotopic (exact) mass is 475 g/mol. The van der Waals surface area contributed by atoms with E-state index < -0.39 is 14.9 Å². The Hall–Kier alpha value is -2.53. The molecule has 0 radical (unpaired) electrons. The number of hydrogen-bond acceptors (Lipinski definition) is 7. The van der Waals surface area contributed by atoms with E-state index in [1.165, 1.54) is 23.3 Å². The maximum absolute atomic E-state index is 12.5. The van der Waals surface area contributed by atoms with Crippen molar-refractivity contribution in [3.63, 3.8) is 0 Å². The summed E-state index contributed by atoms with van der Waals surface area (Å²) >= 11 is 0. The van der Waals surface area contributed by atoms with Crippen molar-refractivity contribution in [2.24, 2.45) is 0 Å². The third kappa shape index (κ3) is 7.23. The fraction of sp³-hybridized carbons (Fsp3) is 0.478. The van der Waals surface area contributed by atoms with Crippen molar-refractivity contribution in [2.75, 3.05) is 45.6 Å². The molecule has 1 aliphatic rings. The summed E-state index contributed by atoms with van der Waals surface area (Å²) in [7, 11) is -0.138. The topological polar surface area (TPSA) is 108 Å². The van der Waals surface area contributed by atoms with E-state index in [4.69, 9.17) is 0 Å². The molecule has 3 rings (SSSR count). The number of nitro groups is 1. The second kappa shape index (κ2) is 11.1. The predicted molar refractivity (Wildman–Crippen MR) is 130 cm³/mol. The van der Waals surface area contributed by atoms with Crippen LogP contribution in [0.1, 0.15) is 24.0 Å². The van der Waals surface area contributed by atoms with Crippen LogP contribution in [0.25, 0.3) is 0 Å². The van der Waals surface area contributed by atoms with Gasteiger partial charge in [0, 0.05) is 44.8 Å². The van der Waals surface area contributed by atoms with E-state index in [1.807, 2.05) is 19.0 Å². The Balaban J connectivity index is 1.62. The van der Waals surface area contributed by atoms with Crippen LogP contribution in [0.15, 0.2) is 47.4 Å². The zero-order valence-corrected chi connectivity index (χ0v) is 20.3. The van der Waals surface area contributed by atoms with E-state index in [-0.39, 0.29) is 23.2 Å². The van der Waals surface area contributed by atoms with Gasteiger partial charge in [0.1, 0.15) is 5.69 Å². The summed E-state index contributed by atoms with van der Waals surface area (Å²) in [5.41, 5.74) is 2.65. The number of hydrogen-bond donors (Lipinski definition) is 2. The minimum absolute atomic E-state index is 0.0955. The van der Waals surface area contributed by atoms with Crippen molar-refractivity contribution < 1.29 is 13.3 Å². The standard InChI is InChI=1S/C23H33N5O4S/c1-18-5-4-6-19(15-18)17-27-12-9-20(10-13-27)25-22-8-7-21(16-23(22)28(29)30)33(31,32)24-11-14-26(2)3/h4-8,15-16,20,24-25H,9-14,17H2,1-3H3. The number of sulfonamides is 1. The van der Waals surface area contributed by atoms with Crippen LogP contribution in [-0.4, -0.2) is 69.5 Å². The zero-order chi connectivity index (χ0) is 24.0. The normalized spacial score (nSPS) is 15.6. The van der Waals surface area contributed by atoms with Crippen LogP contribution in [0.3, 0.4) is 0 Å². The molecule has 1 fully saturated rings. The Morgan fingerprint density at radius 3 is 2.52 bits per heavy atom. The maximum Gasteiger partial charge on any atom is 0.293 e. The molecule has 1 saturated heterocycles. The first-order valence-electron chi connectivity index (χ1n) is 11.1. The fourth-order valence-electron chi connectivity index (χ4n) is 3.96. The van der Waals surface area contributed by atoms with Crippen molar-refractivity contribution in [2.45, 2.75) is 37.2 Å². The van der Waals surface area contributed by atoms with Crippen LogP contribution in [0.2, 0.25) is 0 Å². The molecule has 0 aromatic heterocycles. The third-order valence-electron chi connectivity index (χ3n) is 5.76. The Bertz CT molecular complexity index is 1070. The number of nitro benzene ring substituents is 1. The quantitative estimate of drug-likeness (QED) is 0.402. The van der Waals surface area contributed by atoms with Gasteiger partial charge in [-0.1, -0.05) is 29.8 Å². The molecular formula is C23H33N5O4S. The number of rotatable bonds is 10. The van der Waals surface area contributed by atoms with Crippen LogP contribution < -0.4 is 10.0 Å². The van der Waals surface area contributed by atoms with E-state index in [2.05, 4.69) is 46.1 Å². The molecule has 0 aliphatic carbocycles. The Labute approximate surface area is 196 Å². The number of nitrogens with zero attached hydrogens (tertiary/aromatic N) is 3. The zero-order valence-electron chi connectivity index (χ0n) is 19.5. The molecule has 1 heterocycles. The molecule has 0 saturated carbocycles. The van der Waals surface area contributed by atoms with E-state index >= 15 is 0 Å². The number of anilines is 1. The second-order valence-electron chi connectivity index (χ2n) is 8.82. The fourth-order valence-corrected chi connectivity index (χ4v) is 5.00. The largest absolute Gasteiger partial charge is 0.377 e. The lowest BCUT2D eigenvalue weighted by Gasteiger charge is -2.32. The number of likely N-dealkylation sites (N-methyl/N-ethyl adjacent to an activating group) is 1. The molecule has 0 atom stereocenters. The minimum atomic E-state index is -3.82. The molecule has 0 spiro atoms. The van der Waals surface area contributed by atoms with E-state index in [0.29, 0.717) is 12.2 Å². The Kier molecular flexibility index (Phi) is 8.41. The van der Waals surface area contributed by atoms with Crippen molar-refractivity contribution in [3.8, 4) is 0 Å². The predicted octanol–water partition coefficient (Wildman–Crippen LogP) is 2.82. The lowest BCUT2D eigenvalue weighted by molar-refractivity contribution is -0.384. The molecule has 10 heteroatoms. The smallest absolute Gasteiger partial charge is 0.293 e. The van der Waals surface area contributed by atoms with Crippen molar-refractivity contribution >= 4 is 21.4 Å². The number of benzene rings is 2. The number of likely N-dealkylation sites (tertiary alicyclic amines) is 1. The summed E-state index contributed by atoms with van der Waals surface area (Å²) < 4.78 is 27.5. The van der Waals surface area contributed by atoms with Crippen LogP contribution in [0.4, 0.5) is 11.4 Å². The molecular weight excluding hydrogens is 442 g/mol. The van der Waals surface area contributed by atoms with Gasteiger partial charge in [0.15, 0.2) is 0 Å². The van der Waals surface area contributed by atoms with Gasteiger partial charge in [0.25, 0.3) is 5.69 Å². The van der Waals surface area contributed by atoms with Crippen LogP contribution in [0.5, 0.6) is 0 Å². The molecule has 2 aromatic rings. The van der Waals surface area contributed by atoms with Crippen molar-refractivity contribution in [1.82, 2.24) is 14.5 Å². The van der Waals surface area contributed by atoms with Gasteiger partial charge in [-0.3, -0.25) is 15.0 Å². The van der Waals surface area contributed by atoms with Crippen LogP contribution in [0, 0.1) is 17.0 Å². The third-order valence-corrected chi connectivity index (χ3v) is 7.22. The highest BCUT2D eigenvalue weighted by molar-refractivity contribution is 7.89. The molecule has 2 aromatic carbocycles. The lowest BCUT2D eigenvalue weighted by atomic mass is 10.0. The van der Waals surface area contributed by atoms with Gasteiger partial charge in [-0.25, -0.2) is 13.1 Å². The minimum Gasteiger partial charge on any atom is -0.377 e. The SMILES string of the molecule is Cc1cccc(CN2CCC(Nc3ccc(S(=O)(=O)NCCN(C)C)cc3[N+](=O)[O-])CC2)c1. The number of nitrogens with one attached hydrogen (secondary N) is 2. The highest BCUT2D eigenvalue weighted by Gasteiger charge is 2.25. The van der Waals surface area contributed by atoms with E-state index in [1.54, 1.807) is 0 Å². The summed E-state index contributed by atoms with van der Waals surface area (Å²) in [6, 6.07) is 12.6. The van der Waals surface area contributed by atoms with Crippen LogP contribution >= 0.6 is 0 Å². The summed E-state index contributed by atoms with van der Waals surface area (Å²) in [6.45, 7) is 5.52. The van der Waals surface area contributed by atoms with Crippen molar-refractivity contribution in [1.29, 1.82) is 0 Å². The molecule has 33 heavy (non-hydrogen) atoms. The van der Waals surface area contributed by atoms with Gasteiger partial charge in [-0.2, -0.15) is 0 Å². The van der Waals surface area contributed by atoms with Gasteiger partial charge in [-0.05, 0) is 51.6 Å². The molecule has 0 bridgehead atoms. The Morgan fingerprint density at radius 1 is 1.15 bits per heavy atom. The van der Waals surface area contributed by atoms with Gasteiger partial charge in [0.05, 0.1) is 9.82 Å². The summed E-state index contributed by atoms with van der Waals surface area (Å²) in [6.07, 6.45) is 1.71. The van der Waals surface area contributed by atoms with Crippen molar-refractivity contribution in [3.05, 3.63) is 63.7 Å². The molecule has 0 amide bonds. The first-order valence-corrected chi connectivity index (χ1v) is 12.6. The van der Waals surface area contributed by atoms with Crippen LogP contribution in [-0.2, 0) is 16.6 Å². The molecule has 1 aliphatic heterocycles. The van der Waals surface area contributed by atoms with Gasteiger partial charge in [0.2, 0.25) is 10.0 Å². The molecule has 9 nitrogen and oxygen atoms in total. The number of piperidine rings is 1. The molecule has 2 N–H and O–H groups in total. The summed E-state index contributed by atoms with van der Waals surface area (Å²) in [5.74, 6) is 0. The highest BCUT2D eigenvalue weighted by atomic mass is 32.2.